The Morgan fingerprint density at radius 1 is 0.971 bits per heavy atom. The number of ether oxygens (including phenoxy) is 1. The minimum atomic E-state index is -0.275. The molecule has 0 unspecified atom stereocenters. The van der Waals surface area contributed by atoms with E-state index in [2.05, 4.69) is 16.0 Å². The van der Waals surface area contributed by atoms with Gasteiger partial charge in [0.25, 0.3) is 0 Å². The van der Waals surface area contributed by atoms with Crippen LogP contribution in [0.15, 0.2) is 78.9 Å². The minimum absolute atomic E-state index is 0.0715. The van der Waals surface area contributed by atoms with Gasteiger partial charge in [-0.05, 0) is 60.7 Å². The number of urea groups is 1. The summed E-state index contributed by atoms with van der Waals surface area (Å²) in [6, 6.07) is 24.1. The Hall–Kier alpha value is -3.87. The van der Waals surface area contributed by atoms with E-state index in [-0.39, 0.29) is 11.8 Å². The molecule has 0 atom stereocenters. The predicted molar refractivity (Wildman–Crippen MR) is 133 cm³/mol. The van der Waals surface area contributed by atoms with Crippen molar-refractivity contribution in [1.29, 1.82) is 0 Å². The van der Waals surface area contributed by atoms with E-state index in [4.69, 9.17) is 9.72 Å². The van der Waals surface area contributed by atoms with Crippen molar-refractivity contribution >= 4 is 17.1 Å². The highest BCUT2D eigenvalue weighted by Gasteiger charge is 2.24. The molecule has 1 aromatic heterocycles. The van der Waals surface area contributed by atoms with Crippen LogP contribution in [0.1, 0.15) is 24.2 Å². The standard InChI is InChI=1S/C28H29FN4O2/c29-23-12-10-21(11-13-23)18-30-28(34)32-16-14-22(15-17-32)19-33-26-9-5-4-8-25(26)31-27(33)20-35-24-6-2-1-3-7-24/h1-13,22H,14-20H2,(H,30,34). The third-order valence-corrected chi connectivity index (χ3v) is 6.54. The van der Waals surface area contributed by atoms with Gasteiger partial charge in [-0.2, -0.15) is 0 Å². The molecule has 180 valence electrons. The van der Waals surface area contributed by atoms with Gasteiger partial charge < -0.3 is 19.5 Å². The van der Waals surface area contributed by atoms with Crippen LogP contribution in [-0.4, -0.2) is 33.6 Å². The van der Waals surface area contributed by atoms with Crippen LogP contribution in [0, 0.1) is 11.7 Å². The third-order valence-electron chi connectivity index (χ3n) is 6.54. The number of piperidine rings is 1. The highest BCUT2D eigenvalue weighted by molar-refractivity contribution is 5.76. The number of carbonyl (C=O) groups excluding carboxylic acids is 1. The van der Waals surface area contributed by atoms with E-state index >= 15 is 0 Å². The Bertz CT molecular complexity index is 1270. The zero-order chi connectivity index (χ0) is 24.0. The Balaban J connectivity index is 1.19. The summed E-state index contributed by atoms with van der Waals surface area (Å²) in [5, 5.41) is 2.95. The monoisotopic (exact) mass is 472 g/mol. The average Bonchev–Trinajstić information content (AvgIpc) is 3.25. The molecule has 5 rings (SSSR count). The van der Waals surface area contributed by atoms with Gasteiger partial charge in [0, 0.05) is 26.2 Å². The van der Waals surface area contributed by atoms with E-state index in [0.717, 1.165) is 47.6 Å². The fourth-order valence-corrected chi connectivity index (χ4v) is 4.57. The van der Waals surface area contributed by atoms with Crippen LogP contribution in [0.5, 0.6) is 5.75 Å². The molecule has 0 radical (unpaired) electrons. The van der Waals surface area contributed by atoms with Crippen molar-refractivity contribution in [2.24, 2.45) is 5.92 Å². The van der Waals surface area contributed by atoms with Gasteiger partial charge in [0.15, 0.2) is 0 Å². The summed E-state index contributed by atoms with van der Waals surface area (Å²) in [5.74, 6) is 1.91. The van der Waals surface area contributed by atoms with Gasteiger partial charge in [-0.25, -0.2) is 14.2 Å². The van der Waals surface area contributed by atoms with Gasteiger partial charge >= 0.3 is 6.03 Å². The largest absolute Gasteiger partial charge is 0.486 e. The number of halogens is 1. The Morgan fingerprint density at radius 3 is 2.46 bits per heavy atom. The van der Waals surface area contributed by atoms with Gasteiger partial charge in [0.1, 0.15) is 24.0 Å². The second kappa shape index (κ2) is 10.6. The summed E-state index contributed by atoms with van der Waals surface area (Å²) < 4.78 is 21.3. The number of nitrogens with one attached hydrogen (secondary N) is 1. The van der Waals surface area contributed by atoms with Crippen molar-refractivity contribution in [2.45, 2.75) is 32.5 Å². The molecular weight excluding hydrogens is 443 g/mol. The molecule has 7 heteroatoms. The second-order valence-electron chi connectivity index (χ2n) is 8.94. The lowest BCUT2D eigenvalue weighted by Crippen LogP contribution is -2.44. The average molecular weight is 473 g/mol. The number of rotatable bonds is 7. The summed E-state index contributed by atoms with van der Waals surface area (Å²) in [4.78, 5) is 19.3. The van der Waals surface area contributed by atoms with E-state index in [9.17, 15) is 9.18 Å². The van der Waals surface area contributed by atoms with Crippen molar-refractivity contribution in [3.63, 3.8) is 0 Å². The molecule has 2 heterocycles. The normalized spacial score (nSPS) is 14.3. The van der Waals surface area contributed by atoms with Gasteiger partial charge in [-0.1, -0.05) is 42.5 Å². The number of hydrogen-bond donors (Lipinski definition) is 1. The SMILES string of the molecule is O=C(NCc1ccc(F)cc1)N1CCC(Cn2c(COc3ccccc3)nc3ccccc32)CC1. The number of para-hydroxylation sites is 3. The highest BCUT2D eigenvalue weighted by Crippen LogP contribution is 2.24. The van der Waals surface area contributed by atoms with Crippen LogP contribution < -0.4 is 10.1 Å². The van der Waals surface area contributed by atoms with Gasteiger partial charge in [-0.15, -0.1) is 0 Å². The molecule has 0 spiro atoms. The Labute approximate surface area is 204 Å². The lowest BCUT2D eigenvalue weighted by Gasteiger charge is -2.32. The lowest BCUT2D eigenvalue weighted by atomic mass is 9.96. The van der Waals surface area contributed by atoms with E-state index in [1.165, 1.54) is 12.1 Å². The van der Waals surface area contributed by atoms with E-state index in [1.807, 2.05) is 53.4 Å². The van der Waals surface area contributed by atoms with Gasteiger partial charge in [-0.3, -0.25) is 0 Å². The fourth-order valence-electron chi connectivity index (χ4n) is 4.57. The van der Waals surface area contributed by atoms with E-state index in [1.54, 1.807) is 12.1 Å². The number of aromatic nitrogens is 2. The Kier molecular flexibility index (Phi) is 6.93. The van der Waals surface area contributed by atoms with Crippen LogP contribution in [0.3, 0.4) is 0 Å². The molecule has 4 aromatic rings. The molecule has 1 fully saturated rings. The van der Waals surface area contributed by atoms with Crippen molar-refractivity contribution in [1.82, 2.24) is 19.8 Å². The lowest BCUT2D eigenvalue weighted by molar-refractivity contribution is 0.164. The number of hydrogen-bond acceptors (Lipinski definition) is 3. The van der Waals surface area contributed by atoms with E-state index < -0.39 is 0 Å². The number of amides is 2. The van der Waals surface area contributed by atoms with Crippen molar-refractivity contribution < 1.29 is 13.9 Å². The third kappa shape index (κ3) is 5.62. The number of benzene rings is 3. The first-order valence-corrected chi connectivity index (χ1v) is 12.0. The van der Waals surface area contributed by atoms with Crippen LogP contribution in [0.4, 0.5) is 9.18 Å². The Morgan fingerprint density at radius 2 is 1.69 bits per heavy atom. The highest BCUT2D eigenvalue weighted by atomic mass is 19.1. The number of imidazole rings is 1. The van der Waals surface area contributed by atoms with Crippen LogP contribution in [0.2, 0.25) is 0 Å². The van der Waals surface area contributed by atoms with Crippen molar-refractivity contribution in [3.8, 4) is 5.75 Å². The number of fused-ring (bicyclic) bond motifs is 1. The molecule has 1 aliphatic rings. The first-order chi connectivity index (χ1) is 17.2. The van der Waals surface area contributed by atoms with Crippen LogP contribution >= 0.6 is 0 Å². The maximum atomic E-state index is 13.1. The molecule has 0 saturated carbocycles. The number of nitrogens with zero attached hydrogens (tertiary/aromatic N) is 3. The molecule has 6 nitrogen and oxygen atoms in total. The molecule has 2 amide bonds. The zero-order valence-corrected chi connectivity index (χ0v) is 19.6. The van der Waals surface area contributed by atoms with Gasteiger partial charge in [0.2, 0.25) is 0 Å². The molecule has 0 bridgehead atoms. The first kappa shape index (κ1) is 22.9. The zero-order valence-electron chi connectivity index (χ0n) is 19.6. The van der Waals surface area contributed by atoms with E-state index in [0.29, 0.717) is 32.2 Å². The smallest absolute Gasteiger partial charge is 0.317 e. The van der Waals surface area contributed by atoms with Crippen molar-refractivity contribution in [3.05, 3.63) is 96.1 Å². The molecule has 35 heavy (non-hydrogen) atoms. The number of likely N-dealkylation sites (tertiary alicyclic amines) is 1. The molecule has 1 aliphatic heterocycles. The molecule has 1 saturated heterocycles. The summed E-state index contributed by atoms with van der Waals surface area (Å²) in [7, 11) is 0. The first-order valence-electron chi connectivity index (χ1n) is 12.0. The van der Waals surface area contributed by atoms with Gasteiger partial charge in [0.05, 0.1) is 11.0 Å². The quantitative estimate of drug-likeness (QED) is 0.393. The molecule has 3 aromatic carbocycles. The van der Waals surface area contributed by atoms with Crippen LogP contribution in [0.25, 0.3) is 11.0 Å². The molecular formula is C28H29FN4O2. The topological polar surface area (TPSA) is 59.4 Å². The maximum Gasteiger partial charge on any atom is 0.317 e. The number of carbonyl (C=O) groups is 1. The van der Waals surface area contributed by atoms with Crippen molar-refractivity contribution in [2.75, 3.05) is 13.1 Å². The fraction of sp³-hybridized carbons (Fsp3) is 0.286. The second-order valence-corrected chi connectivity index (χ2v) is 8.94. The summed E-state index contributed by atoms with van der Waals surface area (Å²) in [6.07, 6.45) is 1.85. The summed E-state index contributed by atoms with van der Waals surface area (Å²) >= 11 is 0. The predicted octanol–water partition coefficient (Wildman–Crippen LogP) is 5.38. The maximum absolute atomic E-state index is 13.1. The molecule has 0 aliphatic carbocycles. The molecule has 1 N–H and O–H groups in total. The summed E-state index contributed by atoms with van der Waals surface area (Å²) in [5.41, 5.74) is 2.96. The van der Waals surface area contributed by atoms with Crippen LogP contribution in [-0.2, 0) is 19.7 Å². The minimum Gasteiger partial charge on any atom is -0.486 e. The summed E-state index contributed by atoms with van der Waals surface area (Å²) in [6.45, 7) is 3.07.